The van der Waals surface area contributed by atoms with Crippen molar-refractivity contribution in [1.82, 2.24) is 15.0 Å². The maximum Gasteiger partial charge on any atom is 0.416 e. The van der Waals surface area contributed by atoms with E-state index < -0.39 is 11.7 Å². The molecule has 9 heteroatoms. The molecule has 1 aliphatic rings. The standard InChI is InChI=1S/C19H17F3N4O2/c1-10-16-14(18(27)26-6-5-13(23)9-26)8-15(24-17(16)28-25-10)11-3-2-4-12(7-11)19(20,21)22/h2-4,7-8,13H,5-6,9,23H2,1H3/t13-/m1/s1. The SMILES string of the molecule is Cc1noc2nc(-c3cccc(C(F)(F)F)c3)cc(C(=O)N3CC[C@@H](N)C3)c12. The summed E-state index contributed by atoms with van der Waals surface area (Å²) in [5.74, 6) is -0.264. The Kier molecular flexibility index (Phi) is 4.34. The van der Waals surface area contributed by atoms with Crippen molar-refractivity contribution in [2.45, 2.75) is 25.6 Å². The zero-order chi connectivity index (χ0) is 20.1. The predicted octanol–water partition coefficient (Wildman–Crippen LogP) is 3.39. The molecule has 3 heterocycles. The van der Waals surface area contributed by atoms with Crippen molar-refractivity contribution in [2.75, 3.05) is 13.1 Å². The van der Waals surface area contributed by atoms with E-state index in [0.29, 0.717) is 36.2 Å². The minimum Gasteiger partial charge on any atom is -0.337 e. The van der Waals surface area contributed by atoms with E-state index in [1.165, 1.54) is 18.2 Å². The van der Waals surface area contributed by atoms with Crippen LogP contribution in [0.15, 0.2) is 34.9 Å². The number of alkyl halides is 3. The molecule has 1 saturated heterocycles. The largest absolute Gasteiger partial charge is 0.416 e. The van der Waals surface area contributed by atoms with Crippen molar-refractivity contribution in [3.63, 3.8) is 0 Å². The molecule has 146 valence electrons. The summed E-state index contributed by atoms with van der Waals surface area (Å²) < 4.78 is 44.4. The maximum absolute atomic E-state index is 13.1. The summed E-state index contributed by atoms with van der Waals surface area (Å²) in [5.41, 5.74) is 6.45. The number of fused-ring (bicyclic) bond motifs is 1. The Morgan fingerprint density at radius 3 is 2.79 bits per heavy atom. The molecule has 0 spiro atoms. The highest BCUT2D eigenvalue weighted by Crippen LogP contribution is 2.33. The molecule has 0 saturated carbocycles. The van der Waals surface area contributed by atoms with Gasteiger partial charge in [-0.05, 0) is 31.5 Å². The topological polar surface area (TPSA) is 85.2 Å². The first-order chi connectivity index (χ1) is 13.2. The number of amides is 1. The van der Waals surface area contributed by atoms with Crippen LogP contribution in [0.2, 0.25) is 0 Å². The zero-order valence-corrected chi connectivity index (χ0v) is 15.0. The molecule has 1 aliphatic heterocycles. The molecule has 1 atom stereocenters. The van der Waals surface area contributed by atoms with Crippen LogP contribution in [0.5, 0.6) is 0 Å². The smallest absolute Gasteiger partial charge is 0.337 e. The van der Waals surface area contributed by atoms with Crippen LogP contribution in [0.3, 0.4) is 0 Å². The highest BCUT2D eigenvalue weighted by atomic mass is 19.4. The van der Waals surface area contributed by atoms with Gasteiger partial charge in [-0.1, -0.05) is 17.3 Å². The molecule has 4 rings (SSSR count). The summed E-state index contributed by atoms with van der Waals surface area (Å²) in [6, 6.07) is 6.19. The van der Waals surface area contributed by atoms with Gasteiger partial charge in [0.2, 0.25) is 0 Å². The summed E-state index contributed by atoms with van der Waals surface area (Å²) in [6.45, 7) is 2.63. The quantitative estimate of drug-likeness (QED) is 0.725. The van der Waals surface area contributed by atoms with Crippen LogP contribution in [0.25, 0.3) is 22.4 Å². The third-order valence-corrected chi connectivity index (χ3v) is 4.85. The van der Waals surface area contributed by atoms with E-state index in [2.05, 4.69) is 10.1 Å². The Labute approximate surface area is 158 Å². The summed E-state index contributed by atoms with van der Waals surface area (Å²) in [7, 11) is 0. The fraction of sp³-hybridized carbons (Fsp3) is 0.316. The molecule has 2 N–H and O–H groups in total. The van der Waals surface area contributed by atoms with E-state index in [1.807, 2.05) is 0 Å². The molecular formula is C19H17F3N4O2. The highest BCUT2D eigenvalue weighted by Gasteiger charge is 2.31. The molecule has 6 nitrogen and oxygen atoms in total. The molecular weight excluding hydrogens is 373 g/mol. The zero-order valence-electron chi connectivity index (χ0n) is 15.0. The van der Waals surface area contributed by atoms with Crippen molar-refractivity contribution >= 4 is 17.0 Å². The van der Waals surface area contributed by atoms with Gasteiger partial charge in [-0.15, -0.1) is 0 Å². The van der Waals surface area contributed by atoms with Crippen molar-refractivity contribution in [3.8, 4) is 11.3 Å². The van der Waals surface area contributed by atoms with E-state index in [-0.39, 0.29) is 28.9 Å². The number of aromatic nitrogens is 2. The average Bonchev–Trinajstić information content (AvgIpc) is 3.26. The first-order valence-electron chi connectivity index (χ1n) is 8.73. The average molecular weight is 390 g/mol. The number of aryl methyl sites for hydroxylation is 1. The van der Waals surface area contributed by atoms with Gasteiger partial charge in [0.05, 0.1) is 27.9 Å². The number of hydrogen-bond donors (Lipinski definition) is 1. The number of nitrogens with zero attached hydrogens (tertiary/aromatic N) is 3. The van der Waals surface area contributed by atoms with Crippen LogP contribution in [-0.2, 0) is 6.18 Å². The number of benzene rings is 1. The lowest BCUT2D eigenvalue weighted by Gasteiger charge is -2.17. The molecule has 28 heavy (non-hydrogen) atoms. The van der Waals surface area contributed by atoms with Gasteiger partial charge in [0.25, 0.3) is 11.6 Å². The summed E-state index contributed by atoms with van der Waals surface area (Å²) in [5, 5.41) is 4.32. The van der Waals surface area contributed by atoms with Crippen LogP contribution in [0, 0.1) is 6.92 Å². The Morgan fingerprint density at radius 1 is 1.32 bits per heavy atom. The number of likely N-dealkylation sites (tertiary alicyclic amines) is 1. The molecule has 1 aromatic carbocycles. The van der Waals surface area contributed by atoms with Crippen LogP contribution in [0.1, 0.15) is 28.0 Å². The monoisotopic (exact) mass is 390 g/mol. The fourth-order valence-electron chi connectivity index (χ4n) is 3.41. The van der Waals surface area contributed by atoms with Crippen LogP contribution in [-0.4, -0.2) is 40.1 Å². The summed E-state index contributed by atoms with van der Waals surface area (Å²) >= 11 is 0. The van der Waals surface area contributed by atoms with Gasteiger partial charge < -0.3 is 15.2 Å². The van der Waals surface area contributed by atoms with E-state index in [9.17, 15) is 18.0 Å². The molecule has 2 aromatic heterocycles. The molecule has 0 radical (unpaired) electrons. The van der Waals surface area contributed by atoms with E-state index in [4.69, 9.17) is 10.3 Å². The summed E-state index contributed by atoms with van der Waals surface area (Å²) in [6.07, 6.45) is -3.78. The second-order valence-corrected chi connectivity index (χ2v) is 6.88. The van der Waals surface area contributed by atoms with Crippen molar-refractivity contribution in [1.29, 1.82) is 0 Å². The van der Waals surface area contributed by atoms with E-state index in [1.54, 1.807) is 11.8 Å². The molecule has 0 unspecified atom stereocenters. The van der Waals surface area contributed by atoms with Gasteiger partial charge in [-0.3, -0.25) is 4.79 Å². The molecule has 1 fully saturated rings. The van der Waals surface area contributed by atoms with Crippen LogP contribution >= 0.6 is 0 Å². The van der Waals surface area contributed by atoms with Crippen LogP contribution in [0.4, 0.5) is 13.2 Å². The lowest BCUT2D eigenvalue weighted by atomic mass is 10.0. The van der Waals surface area contributed by atoms with Gasteiger partial charge in [0.1, 0.15) is 0 Å². The van der Waals surface area contributed by atoms with E-state index in [0.717, 1.165) is 12.1 Å². The minimum atomic E-state index is -4.48. The van der Waals surface area contributed by atoms with Gasteiger partial charge in [0, 0.05) is 24.7 Å². The molecule has 0 aliphatic carbocycles. The number of carbonyl (C=O) groups excluding carboxylic acids is 1. The Hall–Kier alpha value is -2.94. The van der Waals surface area contributed by atoms with Crippen LogP contribution < -0.4 is 5.73 Å². The number of nitrogens with two attached hydrogens (primary N) is 1. The second-order valence-electron chi connectivity index (χ2n) is 6.88. The number of pyridine rings is 1. The molecule has 0 bridgehead atoms. The van der Waals surface area contributed by atoms with Gasteiger partial charge >= 0.3 is 6.18 Å². The maximum atomic E-state index is 13.1. The first-order valence-corrected chi connectivity index (χ1v) is 8.73. The number of carbonyl (C=O) groups is 1. The third-order valence-electron chi connectivity index (χ3n) is 4.85. The predicted molar refractivity (Wildman–Crippen MR) is 95.5 cm³/mol. The fourth-order valence-corrected chi connectivity index (χ4v) is 3.41. The number of rotatable bonds is 2. The van der Waals surface area contributed by atoms with Gasteiger partial charge in [-0.25, -0.2) is 4.98 Å². The van der Waals surface area contributed by atoms with Gasteiger partial charge in [0.15, 0.2) is 0 Å². The van der Waals surface area contributed by atoms with Gasteiger partial charge in [-0.2, -0.15) is 13.2 Å². The third kappa shape index (κ3) is 3.22. The molecule has 1 amide bonds. The highest BCUT2D eigenvalue weighted by molar-refractivity contribution is 6.07. The second kappa shape index (κ2) is 6.59. The lowest BCUT2D eigenvalue weighted by molar-refractivity contribution is -0.137. The molecule has 3 aromatic rings. The Balaban J connectivity index is 1.84. The Bertz CT molecular complexity index is 1060. The normalized spacial score (nSPS) is 17.5. The van der Waals surface area contributed by atoms with Crippen molar-refractivity contribution < 1.29 is 22.5 Å². The van der Waals surface area contributed by atoms with E-state index >= 15 is 0 Å². The Morgan fingerprint density at radius 2 is 2.11 bits per heavy atom. The summed E-state index contributed by atoms with van der Waals surface area (Å²) in [4.78, 5) is 19.0. The minimum absolute atomic E-state index is 0.0900. The number of hydrogen-bond acceptors (Lipinski definition) is 5. The van der Waals surface area contributed by atoms with Crippen molar-refractivity contribution in [2.24, 2.45) is 5.73 Å². The first kappa shape index (κ1) is 18.4. The van der Waals surface area contributed by atoms with Crippen molar-refractivity contribution in [3.05, 3.63) is 47.2 Å². The number of halogens is 3. The lowest BCUT2D eigenvalue weighted by Crippen LogP contribution is -2.32.